The van der Waals surface area contributed by atoms with Crippen molar-refractivity contribution in [2.75, 3.05) is 36.4 Å². The van der Waals surface area contributed by atoms with Gasteiger partial charge in [0.05, 0.1) is 0 Å². The fourth-order valence-electron chi connectivity index (χ4n) is 3.40. The summed E-state index contributed by atoms with van der Waals surface area (Å²) in [4.78, 5) is 28.6. The number of thiocarbonyl (C=S) groups is 1. The third-order valence-electron chi connectivity index (χ3n) is 4.92. The summed E-state index contributed by atoms with van der Waals surface area (Å²) in [5.41, 5.74) is 2.66. The summed E-state index contributed by atoms with van der Waals surface area (Å²) in [5, 5.41) is 6.05. The Morgan fingerprint density at radius 1 is 0.967 bits per heavy atom. The van der Waals surface area contributed by atoms with Crippen LogP contribution in [0.2, 0.25) is 0 Å². The molecular weight excluding hydrogens is 396 g/mol. The Hall–Kier alpha value is -2.93. The average molecular weight is 425 g/mol. The van der Waals surface area contributed by atoms with E-state index in [2.05, 4.69) is 15.5 Å². The van der Waals surface area contributed by atoms with E-state index in [0.717, 1.165) is 30.0 Å². The lowest BCUT2D eigenvalue weighted by Crippen LogP contribution is -2.48. The standard InChI is InChI=1S/C23H28N4O2S/c1-17(2)16-21(28)25-23(30)24-19-8-10-20(11-9-19)26-12-14-27(15-13-26)22(29)18-6-4-3-5-7-18/h3-11,17H,12-16H2,1-2H3,(H2,24,25,28,30). The summed E-state index contributed by atoms with van der Waals surface area (Å²) in [6.45, 7) is 6.95. The van der Waals surface area contributed by atoms with E-state index in [-0.39, 0.29) is 17.7 Å². The summed E-state index contributed by atoms with van der Waals surface area (Å²) < 4.78 is 0. The minimum atomic E-state index is -0.0814. The largest absolute Gasteiger partial charge is 0.368 e. The van der Waals surface area contributed by atoms with Gasteiger partial charge in [0.15, 0.2) is 5.11 Å². The van der Waals surface area contributed by atoms with Crippen molar-refractivity contribution in [2.24, 2.45) is 5.92 Å². The number of hydrogen-bond donors (Lipinski definition) is 2. The highest BCUT2D eigenvalue weighted by atomic mass is 32.1. The van der Waals surface area contributed by atoms with Crippen LogP contribution in [0.5, 0.6) is 0 Å². The monoisotopic (exact) mass is 424 g/mol. The van der Waals surface area contributed by atoms with Crippen LogP contribution in [0.1, 0.15) is 30.6 Å². The van der Waals surface area contributed by atoms with Gasteiger partial charge in [-0.15, -0.1) is 0 Å². The molecule has 0 saturated carbocycles. The van der Waals surface area contributed by atoms with Gasteiger partial charge in [-0.1, -0.05) is 32.0 Å². The molecule has 30 heavy (non-hydrogen) atoms. The van der Waals surface area contributed by atoms with Crippen LogP contribution in [0.4, 0.5) is 11.4 Å². The average Bonchev–Trinajstić information content (AvgIpc) is 2.74. The van der Waals surface area contributed by atoms with E-state index in [4.69, 9.17) is 12.2 Å². The molecule has 6 nitrogen and oxygen atoms in total. The van der Waals surface area contributed by atoms with E-state index >= 15 is 0 Å². The summed E-state index contributed by atoms with van der Waals surface area (Å²) in [5.74, 6) is 0.292. The first-order chi connectivity index (χ1) is 14.4. The minimum Gasteiger partial charge on any atom is -0.368 e. The highest BCUT2D eigenvalue weighted by molar-refractivity contribution is 7.80. The minimum absolute atomic E-state index is 0.0814. The molecule has 1 aliphatic heterocycles. The summed E-state index contributed by atoms with van der Waals surface area (Å²) in [6.07, 6.45) is 0.444. The van der Waals surface area contributed by atoms with E-state index in [9.17, 15) is 9.59 Å². The third-order valence-corrected chi connectivity index (χ3v) is 5.13. The lowest BCUT2D eigenvalue weighted by Gasteiger charge is -2.36. The molecule has 2 aromatic carbocycles. The van der Waals surface area contributed by atoms with Crippen LogP contribution in [0.3, 0.4) is 0 Å². The molecule has 0 bridgehead atoms. The molecule has 1 heterocycles. The van der Waals surface area contributed by atoms with Gasteiger partial charge in [-0.05, 0) is 54.5 Å². The quantitative estimate of drug-likeness (QED) is 0.719. The molecule has 158 valence electrons. The number of amides is 2. The van der Waals surface area contributed by atoms with Crippen molar-refractivity contribution in [3.8, 4) is 0 Å². The van der Waals surface area contributed by atoms with Crippen LogP contribution in [-0.4, -0.2) is 48.0 Å². The van der Waals surface area contributed by atoms with E-state index in [1.54, 1.807) is 0 Å². The second-order valence-electron chi connectivity index (χ2n) is 7.79. The number of anilines is 2. The fourth-order valence-corrected chi connectivity index (χ4v) is 3.63. The van der Waals surface area contributed by atoms with E-state index in [1.165, 1.54) is 0 Å². The zero-order chi connectivity index (χ0) is 21.5. The normalized spacial score (nSPS) is 13.8. The lowest BCUT2D eigenvalue weighted by atomic mass is 10.1. The number of nitrogens with one attached hydrogen (secondary N) is 2. The molecule has 3 rings (SSSR count). The molecular formula is C23H28N4O2S. The van der Waals surface area contributed by atoms with E-state index in [0.29, 0.717) is 24.6 Å². The predicted molar refractivity (Wildman–Crippen MR) is 125 cm³/mol. The van der Waals surface area contributed by atoms with Crippen LogP contribution in [-0.2, 0) is 4.79 Å². The van der Waals surface area contributed by atoms with Crippen molar-refractivity contribution in [3.63, 3.8) is 0 Å². The van der Waals surface area contributed by atoms with Gasteiger partial charge in [0.25, 0.3) is 5.91 Å². The molecule has 0 aliphatic carbocycles. The van der Waals surface area contributed by atoms with Crippen molar-refractivity contribution < 1.29 is 9.59 Å². The zero-order valence-corrected chi connectivity index (χ0v) is 18.2. The smallest absolute Gasteiger partial charge is 0.253 e. The Labute approximate surface area is 183 Å². The first kappa shape index (κ1) is 21.8. The van der Waals surface area contributed by atoms with Gasteiger partial charge >= 0.3 is 0 Å². The molecule has 2 aromatic rings. The SMILES string of the molecule is CC(C)CC(=O)NC(=S)Nc1ccc(N2CCN(C(=O)c3ccccc3)CC2)cc1. The van der Waals surface area contributed by atoms with Crippen molar-refractivity contribution in [1.29, 1.82) is 0 Å². The number of benzene rings is 2. The summed E-state index contributed by atoms with van der Waals surface area (Å²) in [7, 11) is 0. The van der Waals surface area contributed by atoms with Gasteiger partial charge < -0.3 is 20.4 Å². The zero-order valence-electron chi connectivity index (χ0n) is 17.4. The van der Waals surface area contributed by atoms with Crippen molar-refractivity contribution in [1.82, 2.24) is 10.2 Å². The second-order valence-corrected chi connectivity index (χ2v) is 8.20. The number of carbonyl (C=O) groups is 2. The predicted octanol–water partition coefficient (Wildman–Crippen LogP) is 3.51. The van der Waals surface area contributed by atoms with Gasteiger partial charge in [-0.2, -0.15) is 0 Å². The fraction of sp³-hybridized carbons (Fsp3) is 0.348. The number of rotatable bonds is 5. The molecule has 7 heteroatoms. The highest BCUT2D eigenvalue weighted by Crippen LogP contribution is 2.20. The summed E-state index contributed by atoms with van der Waals surface area (Å²) >= 11 is 5.21. The summed E-state index contributed by atoms with van der Waals surface area (Å²) in [6, 6.07) is 17.3. The number of piperazine rings is 1. The second kappa shape index (κ2) is 10.2. The third kappa shape index (κ3) is 6.03. The molecule has 0 atom stereocenters. The lowest BCUT2D eigenvalue weighted by molar-refractivity contribution is -0.120. The molecule has 1 fully saturated rings. The molecule has 0 aromatic heterocycles. The van der Waals surface area contributed by atoms with Crippen molar-refractivity contribution in [3.05, 3.63) is 60.2 Å². The maximum Gasteiger partial charge on any atom is 0.253 e. The Bertz CT molecular complexity index is 876. The van der Waals surface area contributed by atoms with Gasteiger partial charge in [-0.3, -0.25) is 9.59 Å². The van der Waals surface area contributed by atoms with Gasteiger partial charge in [0, 0.05) is 49.5 Å². The number of nitrogens with zero attached hydrogens (tertiary/aromatic N) is 2. The highest BCUT2D eigenvalue weighted by Gasteiger charge is 2.22. The number of carbonyl (C=O) groups excluding carboxylic acids is 2. The van der Waals surface area contributed by atoms with Crippen LogP contribution < -0.4 is 15.5 Å². The molecule has 1 saturated heterocycles. The van der Waals surface area contributed by atoms with Gasteiger partial charge in [-0.25, -0.2) is 0 Å². The van der Waals surface area contributed by atoms with Crippen LogP contribution in [0, 0.1) is 5.92 Å². The molecule has 1 aliphatic rings. The molecule has 0 spiro atoms. The molecule has 0 unspecified atom stereocenters. The maximum atomic E-state index is 12.6. The Balaban J connectivity index is 1.49. The van der Waals surface area contributed by atoms with Crippen LogP contribution >= 0.6 is 12.2 Å². The van der Waals surface area contributed by atoms with Crippen LogP contribution in [0.25, 0.3) is 0 Å². The Morgan fingerprint density at radius 2 is 1.60 bits per heavy atom. The molecule has 0 radical (unpaired) electrons. The topological polar surface area (TPSA) is 64.7 Å². The first-order valence-electron chi connectivity index (χ1n) is 10.2. The Kier molecular flexibility index (Phi) is 7.41. The van der Waals surface area contributed by atoms with Gasteiger partial charge in [0.1, 0.15) is 0 Å². The van der Waals surface area contributed by atoms with Crippen LogP contribution in [0.15, 0.2) is 54.6 Å². The van der Waals surface area contributed by atoms with E-state index in [1.807, 2.05) is 73.3 Å². The van der Waals surface area contributed by atoms with E-state index < -0.39 is 0 Å². The molecule has 2 N–H and O–H groups in total. The Morgan fingerprint density at radius 3 is 2.20 bits per heavy atom. The molecule has 2 amide bonds. The number of hydrogen-bond acceptors (Lipinski definition) is 4. The first-order valence-corrected chi connectivity index (χ1v) is 10.6. The van der Waals surface area contributed by atoms with Crippen molar-refractivity contribution in [2.45, 2.75) is 20.3 Å². The van der Waals surface area contributed by atoms with Gasteiger partial charge in [0.2, 0.25) is 5.91 Å². The van der Waals surface area contributed by atoms with Crippen molar-refractivity contribution >= 4 is 40.5 Å². The maximum absolute atomic E-state index is 12.6.